The van der Waals surface area contributed by atoms with Crippen molar-refractivity contribution < 1.29 is 17.9 Å². The number of anilines is 1. The Morgan fingerprint density at radius 2 is 2.00 bits per heavy atom. The third-order valence-corrected chi connectivity index (χ3v) is 6.99. The van der Waals surface area contributed by atoms with Gasteiger partial charge in [0.25, 0.3) is 0 Å². The molecule has 138 valence electrons. The second kappa shape index (κ2) is 7.31. The van der Waals surface area contributed by atoms with Crippen LogP contribution >= 0.6 is 0 Å². The minimum atomic E-state index is -3.56. The van der Waals surface area contributed by atoms with E-state index >= 15 is 0 Å². The summed E-state index contributed by atoms with van der Waals surface area (Å²) < 4.78 is 32.3. The molecule has 7 nitrogen and oxygen atoms in total. The van der Waals surface area contributed by atoms with E-state index < -0.39 is 10.0 Å². The van der Waals surface area contributed by atoms with Crippen molar-refractivity contribution in [3.05, 3.63) is 18.2 Å². The molecule has 1 aromatic carbocycles. The molecule has 0 bridgehead atoms. The van der Waals surface area contributed by atoms with Crippen LogP contribution in [0, 0.1) is 11.8 Å². The molecule has 1 amide bonds. The molecule has 1 atom stereocenters. The summed E-state index contributed by atoms with van der Waals surface area (Å²) in [5.41, 5.74) is 0.543. The van der Waals surface area contributed by atoms with E-state index in [-0.39, 0.29) is 22.5 Å². The highest BCUT2D eigenvalue weighted by Crippen LogP contribution is 2.31. The third-order valence-electron chi connectivity index (χ3n) is 5.05. The highest BCUT2D eigenvalue weighted by molar-refractivity contribution is 7.89. The van der Waals surface area contributed by atoms with Crippen LogP contribution in [0.1, 0.15) is 19.8 Å². The molecule has 2 saturated heterocycles. The van der Waals surface area contributed by atoms with E-state index in [2.05, 4.69) is 10.6 Å². The topological polar surface area (TPSA) is 87.7 Å². The molecule has 0 radical (unpaired) electrons. The molecule has 2 fully saturated rings. The van der Waals surface area contributed by atoms with Crippen LogP contribution in [0.2, 0.25) is 0 Å². The molecule has 1 unspecified atom stereocenters. The van der Waals surface area contributed by atoms with E-state index in [4.69, 9.17) is 4.74 Å². The number of nitrogens with one attached hydrogen (secondary N) is 2. The zero-order valence-corrected chi connectivity index (χ0v) is 15.4. The number of hydrogen-bond acceptors (Lipinski definition) is 5. The van der Waals surface area contributed by atoms with Crippen molar-refractivity contribution in [2.24, 2.45) is 11.8 Å². The number of benzene rings is 1. The Labute approximate surface area is 148 Å². The van der Waals surface area contributed by atoms with Crippen LogP contribution in [0.4, 0.5) is 5.69 Å². The summed E-state index contributed by atoms with van der Waals surface area (Å²) in [6.07, 6.45) is 1.76. The van der Waals surface area contributed by atoms with Crippen molar-refractivity contribution in [1.82, 2.24) is 9.62 Å². The Morgan fingerprint density at radius 3 is 2.56 bits per heavy atom. The Balaban J connectivity index is 1.78. The van der Waals surface area contributed by atoms with Gasteiger partial charge in [0.15, 0.2) is 0 Å². The number of sulfonamides is 1. The fraction of sp³-hybridized carbons (Fsp3) is 0.588. The average molecular weight is 367 g/mol. The average Bonchev–Trinajstić information content (AvgIpc) is 3.08. The molecular weight excluding hydrogens is 342 g/mol. The Bertz CT molecular complexity index is 740. The molecule has 2 N–H and O–H groups in total. The Morgan fingerprint density at radius 1 is 1.32 bits per heavy atom. The van der Waals surface area contributed by atoms with Crippen LogP contribution < -0.4 is 15.4 Å². The molecule has 2 aliphatic heterocycles. The van der Waals surface area contributed by atoms with Gasteiger partial charge in [-0.2, -0.15) is 4.31 Å². The number of amides is 1. The van der Waals surface area contributed by atoms with Crippen molar-refractivity contribution in [3.63, 3.8) is 0 Å². The number of ether oxygens (including phenoxy) is 1. The van der Waals surface area contributed by atoms with Crippen molar-refractivity contribution >= 4 is 21.6 Å². The Kier molecular flexibility index (Phi) is 5.31. The number of nitrogens with zero attached hydrogens (tertiary/aromatic N) is 1. The van der Waals surface area contributed by atoms with Crippen LogP contribution in [-0.4, -0.2) is 51.9 Å². The fourth-order valence-corrected chi connectivity index (χ4v) is 4.81. The van der Waals surface area contributed by atoms with E-state index in [0.29, 0.717) is 24.7 Å². The van der Waals surface area contributed by atoms with Gasteiger partial charge in [-0.3, -0.25) is 4.79 Å². The third kappa shape index (κ3) is 3.65. The number of methoxy groups -OCH3 is 1. The van der Waals surface area contributed by atoms with E-state index in [9.17, 15) is 13.2 Å². The normalized spacial score (nSPS) is 20.1. The SMILES string of the molecule is COc1cc(NC(=O)C(C)C2CNC2)ccc1S(=O)(=O)N1CCCC1. The van der Waals surface area contributed by atoms with Gasteiger partial charge < -0.3 is 15.4 Å². The predicted molar refractivity (Wildman–Crippen MR) is 95.1 cm³/mol. The lowest BCUT2D eigenvalue weighted by Crippen LogP contribution is -2.48. The Hall–Kier alpha value is -1.64. The first-order valence-electron chi connectivity index (χ1n) is 8.63. The predicted octanol–water partition coefficient (Wildman–Crippen LogP) is 1.27. The van der Waals surface area contributed by atoms with Crippen molar-refractivity contribution in [2.45, 2.75) is 24.7 Å². The zero-order valence-electron chi connectivity index (χ0n) is 14.6. The molecule has 0 aliphatic carbocycles. The van der Waals surface area contributed by atoms with E-state index in [1.165, 1.54) is 17.5 Å². The maximum absolute atomic E-state index is 12.7. The maximum Gasteiger partial charge on any atom is 0.246 e. The summed E-state index contributed by atoms with van der Waals surface area (Å²) in [7, 11) is -2.13. The maximum atomic E-state index is 12.7. The standard InChI is InChI=1S/C17H25N3O4S/c1-12(13-10-18-11-13)17(21)19-14-5-6-16(15(9-14)24-2)25(22,23)20-7-3-4-8-20/h5-6,9,12-13,18H,3-4,7-8,10-11H2,1-2H3,(H,19,21). The summed E-state index contributed by atoms with van der Waals surface area (Å²) in [5, 5.41) is 6.02. The quantitative estimate of drug-likeness (QED) is 0.791. The lowest BCUT2D eigenvalue weighted by atomic mass is 9.88. The molecule has 2 aliphatic rings. The zero-order chi connectivity index (χ0) is 18.0. The van der Waals surface area contributed by atoms with Gasteiger partial charge in [-0.25, -0.2) is 8.42 Å². The summed E-state index contributed by atoms with van der Waals surface area (Å²) >= 11 is 0. The molecule has 0 spiro atoms. The molecule has 0 aromatic heterocycles. The first-order valence-corrected chi connectivity index (χ1v) is 10.1. The van der Waals surface area contributed by atoms with Gasteiger partial charge in [0, 0.05) is 30.8 Å². The van der Waals surface area contributed by atoms with Crippen LogP contribution in [0.15, 0.2) is 23.1 Å². The monoisotopic (exact) mass is 367 g/mol. The summed E-state index contributed by atoms with van der Waals surface area (Å²) in [6.45, 7) is 4.69. The second-order valence-electron chi connectivity index (χ2n) is 6.67. The molecule has 8 heteroatoms. The van der Waals surface area contributed by atoms with E-state index in [1.807, 2.05) is 6.92 Å². The van der Waals surface area contributed by atoms with Crippen molar-refractivity contribution in [2.75, 3.05) is 38.6 Å². The second-order valence-corrected chi connectivity index (χ2v) is 8.58. The molecular formula is C17H25N3O4S. The number of carbonyl (C=O) groups is 1. The summed E-state index contributed by atoms with van der Waals surface area (Å²) in [5.74, 6) is 0.434. The van der Waals surface area contributed by atoms with Crippen LogP contribution in [0.5, 0.6) is 5.75 Å². The fourth-order valence-electron chi connectivity index (χ4n) is 3.16. The summed E-state index contributed by atoms with van der Waals surface area (Å²) in [4.78, 5) is 12.5. The lowest BCUT2D eigenvalue weighted by molar-refractivity contribution is -0.121. The van der Waals surface area contributed by atoms with Gasteiger partial charge in [-0.05, 0) is 44.0 Å². The molecule has 0 saturated carbocycles. The van der Waals surface area contributed by atoms with E-state index in [0.717, 1.165) is 25.9 Å². The van der Waals surface area contributed by atoms with Crippen molar-refractivity contribution in [3.8, 4) is 5.75 Å². The van der Waals surface area contributed by atoms with Crippen LogP contribution in [-0.2, 0) is 14.8 Å². The molecule has 2 heterocycles. The van der Waals surface area contributed by atoms with E-state index in [1.54, 1.807) is 12.1 Å². The first-order chi connectivity index (χ1) is 11.9. The minimum absolute atomic E-state index is 0.0660. The first kappa shape index (κ1) is 18.2. The molecule has 1 aromatic rings. The smallest absolute Gasteiger partial charge is 0.246 e. The van der Waals surface area contributed by atoms with Gasteiger partial charge in [0.1, 0.15) is 10.6 Å². The van der Waals surface area contributed by atoms with Gasteiger partial charge in [-0.15, -0.1) is 0 Å². The minimum Gasteiger partial charge on any atom is -0.495 e. The molecule has 3 rings (SSSR count). The highest BCUT2D eigenvalue weighted by atomic mass is 32.2. The number of hydrogen-bond donors (Lipinski definition) is 2. The largest absolute Gasteiger partial charge is 0.495 e. The van der Waals surface area contributed by atoms with Crippen molar-refractivity contribution in [1.29, 1.82) is 0 Å². The summed E-state index contributed by atoms with van der Waals surface area (Å²) in [6, 6.07) is 4.71. The van der Waals surface area contributed by atoms with Crippen LogP contribution in [0.3, 0.4) is 0 Å². The van der Waals surface area contributed by atoms with Crippen LogP contribution in [0.25, 0.3) is 0 Å². The highest BCUT2D eigenvalue weighted by Gasteiger charge is 2.31. The van der Waals surface area contributed by atoms with Gasteiger partial charge >= 0.3 is 0 Å². The van der Waals surface area contributed by atoms with Gasteiger partial charge in [0.05, 0.1) is 7.11 Å². The number of rotatable bonds is 6. The van der Waals surface area contributed by atoms with Gasteiger partial charge in [0.2, 0.25) is 15.9 Å². The molecule has 25 heavy (non-hydrogen) atoms. The lowest BCUT2D eigenvalue weighted by Gasteiger charge is -2.31. The number of carbonyl (C=O) groups excluding carboxylic acids is 1. The van der Waals surface area contributed by atoms with Gasteiger partial charge in [-0.1, -0.05) is 6.92 Å².